The summed E-state index contributed by atoms with van der Waals surface area (Å²) in [6.45, 7) is 3.03. The van der Waals surface area contributed by atoms with Crippen molar-refractivity contribution in [3.05, 3.63) is 35.9 Å². The molecular weight excluding hydrogens is 172 g/mol. The maximum absolute atomic E-state index is 5.83. The Bertz CT molecular complexity index is 278. The van der Waals surface area contributed by atoms with Gasteiger partial charge in [-0.25, -0.2) is 0 Å². The van der Waals surface area contributed by atoms with Gasteiger partial charge in [-0.3, -0.25) is 4.99 Å². The number of aliphatic imine (C=N–C) groups is 1. The molecule has 14 heavy (non-hydrogen) atoms. The SMILES string of the molecule is CCCCCN=C(N)c1ccccc1. The maximum atomic E-state index is 5.83. The van der Waals surface area contributed by atoms with Gasteiger partial charge in [0.2, 0.25) is 0 Å². The van der Waals surface area contributed by atoms with E-state index in [2.05, 4.69) is 11.9 Å². The summed E-state index contributed by atoms with van der Waals surface area (Å²) in [5.74, 6) is 0.654. The Morgan fingerprint density at radius 2 is 1.93 bits per heavy atom. The Morgan fingerprint density at radius 1 is 1.21 bits per heavy atom. The van der Waals surface area contributed by atoms with Crippen molar-refractivity contribution in [2.45, 2.75) is 26.2 Å². The average molecular weight is 190 g/mol. The van der Waals surface area contributed by atoms with Gasteiger partial charge in [0.25, 0.3) is 0 Å². The molecule has 0 aliphatic heterocycles. The molecule has 0 aliphatic carbocycles. The summed E-state index contributed by atoms with van der Waals surface area (Å²) in [5.41, 5.74) is 6.84. The number of amidine groups is 1. The highest BCUT2D eigenvalue weighted by atomic mass is 14.8. The van der Waals surface area contributed by atoms with Crippen molar-refractivity contribution in [1.29, 1.82) is 0 Å². The van der Waals surface area contributed by atoms with Crippen LogP contribution in [0.15, 0.2) is 35.3 Å². The lowest BCUT2D eigenvalue weighted by molar-refractivity contribution is 0.728. The number of benzene rings is 1. The van der Waals surface area contributed by atoms with Crippen LogP contribution in [-0.2, 0) is 0 Å². The molecule has 0 unspecified atom stereocenters. The molecule has 2 N–H and O–H groups in total. The fraction of sp³-hybridized carbons (Fsp3) is 0.417. The summed E-state index contributed by atoms with van der Waals surface area (Å²) in [5, 5.41) is 0. The van der Waals surface area contributed by atoms with Crippen molar-refractivity contribution in [2.75, 3.05) is 6.54 Å². The van der Waals surface area contributed by atoms with E-state index in [1.165, 1.54) is 12.8 Å². The summed E-state index contributed by atoms with van der Waals surface area (Å²) in [6.07, 6.45) is 3.58. The van der Waals surface area contributed by atoms with Gasteiger partial charge in [-0.2, -0.15) is 0 Å². The predicted molar refractivity (Wildman–Crippen MR) is 61.6 cm³/mol. The fourth-order valence-corrected chi connectivity index (χ4v) is 1.26. The molecule has 2 heteroatoms. The lowest BCUT2D eigenvalue weighted by atomic mass is 10.2. The molecule has 0 radical (unpaired) electrons. The second-order valence-corrected chi connectivity index (χ2v) is 3.34. The van der Waals surface area contributed by atoms with Gasteiger partial charge in [0.1, 0.15) is 5.84 Å². The van der Waals surface area contributed by atoms with Gasteiger partial charge in [-0.05, 0) is 6.42 Å². The third-order valence-electron chi connectivity index (χ3n) is 2.11. The van der Waals surface area contributed by atoms with Crippen molar-refractivity contribution in [3.63, 3.8) is 0 Å². The molecular formula is C12H18N2. The molecule has 0 aliphatic rings. The molecule has 76 valence electrons. The van der Waals surface area contributed by atoms with Gasteiger partial charge in [0.15, 0.2) is 0 Å². The van der Waals surface area contributed by atoms with Gasteiger partial charge in [-0.15, -0.1) is 0 Å². The number of hydrogen-bond acceptors (Lipinski definition) is 1. The summed E-state index contributed by atoms with van der Waals surface area (Å²) >= 11 is 0. The second kappa shape index (κ2) is 6.19. The molecule has 0 heterocycles. The zero-order chi connectivity index (χ0) is 10.2. The highest BCUT2D eigenvalue weighted by Gasteiger charge is 1.94. The Kier molecular flexibility index (Phi) is 4.76. The van der Waals surface area contributed by atoms with Gasteiger partial charge in [-0.1, -0.05) is 50.1 Å². The maximum Gasteiger partial charge on any atom is 0.125 e. The number of nitrogens with two attached hydrogens (primary N) is 1. The molecule has 0 aromatic heterocycles. The van der Waals surface area contributed by atoms with E-state index < -0.39 is 0 Å². The lowest BCUT2D eigenvalue weighted by Crippen LogP contribution is -2.13. The Balaban J connectivity index is 2.44. The van der Waals surface area contributed by atoms with Crippen LogP contribution in [0.3, 0.4) is 0 Å². The third kappa shape index (κ3) is 3.60. The van der Waals surface area contributed by atoms with Crippen LogP contribution < -0.4 is 5.73 Å². The first kappa shape index (κ1) is 10.8. The van der Waals surface area contributed by atoms with Crippen molar-refractivity contribution in [1.82, 2.24) is 0 Å². The number of rotatable bonds is 5. The van der Waals surface area contributed by atoms with E-state index in [1.54, 1.807) is 0 Å². The zero-order valence-corrected chi connectivity index (χ0v) is 8.74. The molecule has 0 bridgehead atoms. The molecule has 2 nitrogen and oxygen atoms in total. The van der Waals surface area contributed by atoms with Gasteiger partial charge >= 0.3 is 0 Å². The van der Waals surface area contributed by atoms with Crippen molar-refractivity contribution >= 4 is 5.84 Å². The van der Waals surface area contributed by atoms with E-state index in [0.717, 1.165) is 18.5 Å². The summed E-state index contributed by atoms with van der Waals surface area (Å²) in [4.78, 5) is 4.33. The first-order valence-corrected chi connectivity index (χ1v) is 5.20. The average Bonchev–Trinajstić information content (AvgIpc) is 2.25. The normalized spacial score (nSPS) is 11.6. The second-order valence-electron chi connectivity index (χ2n) is 3.34. The van der Waals surface area contributed by atoms with Crippen molar-refractivity contribution in [3.8, 4) is 0 Å². The van der Waals surface area contributed by atoms with E-state index in [4.69, 9.17) is 5.73 Å². The van der Waals surface area contributed by atoms with Crippen LogP contribution in [0.25, 0.3) is 0 Å². The van der Waals surface area contributed by atoms with Crippen LogP contribution in [0.1, 0.15) is 31.7 Å². The minimum absolute atomic E-state index is 0.654. The Morgan fingerprint density at radius 3 is 2.57 bits per heavy atom. The molecule has 0 saturated carbocycles. The molecule has 1 aromatic carbocycles. The molecule has 1 aromatic rings. The van der Waals surface area contributed by atoms with E-state index in [-0.39, 0.29) is 0 Å². The minimum atomic E-state index is 0.654. The molecule has 1 rings (SSSR count). The van der Waals surface area contributed by atoms with Crippen LogP contribution >= 0.6 is 0 Å². The molecule has 0 saturated heterocycles. The highest BCUT2D eigenvalue weighted by molar-refractivity contribution is 5.97. The Labute approximate surface area is 85.9 Å². The standard InChI is InChI=1S/C12H18N2/c1-2-3-7-10-14-12(13)11-8-5-4-6-9-11/h4-6,8-9H,2-3,7,10H2,1H3,(H2,13,14). The van der Waals surface area contributed by atoms with Crippen LogP contribution in [0.2, 0.25) is 0 Å². The zero-order valence-electron chi connectivity index (χ0n) is 8.74. The smallest absolute Gasteiger partial charge is 0.125 e. The first-order valence-electron chi connectivity index (χ1n) is 5.20. The van der Waals surface area contributed by atoms with Crippen LogP contribution in [-0.4, -0.2) is 12.4 Å². The summed E-state index contributed by atoms with van der Waals surface area (Å²) in [7, 11) is 0. The van der Waals surface area contributed by atoms with Crippen molar-refractivity contribution in [2.24, 2.45) is 10.7 Å². The predicted octanol–water partition coefficient (Wildman–Crippen LogP) is 2.58. The van der Waals surface area contributed by atoms with Crippen LogP contribution in [0.5, 0.6) is 0 Å². The molecule has 0 amide bonds. The number of nitrogens with zero attached hydrogens (tertiary/aromatic N) is 1. The molecule has 0 atom stereocenters. The number of unbranched alkanes of at least 4 members (excludes halogenated alkanes) is 2. The van der Waals surface area contributed by atoms with Gasteiger partial charge in [0.05, 0.1) is 0 Å². The molecule has 0 spiro atoms. The largest absolute Gasteiger partial charge is 0.384 e. The van der Waals surface area contributed by atoms with Crippen molar-refractivity contribution < 1.29 is 0 Å². The van der Waals surface area contributed by atoms with E-state index >= 15 is 0 Å². The topological polar surface area (TPSA) is 38.4 Å². The van der Waals surface area contributed by atoms with E-state index in [1.807, 2.05) is 30.3 Å². The van der Waals surface area contributed by atoms with Crippen LogP contribution in [0.4, 0.5) is 0 Å². The van der Waals surface area contributed by atoms with E-state index in [9.17, 15) is 0 Å². The van der Waals surface area contributed by atoms with Gasteiger partial charge < -0.3 is 5.73 Å². The highest BCUT2D eigenvalue weighted by Crippen LogP contribution is 1.99. The summed E-state index contributed by atoms with van der Waals surface area (Å²) < 4.78 is 0. The van der Waals surface area contributed by atoms with Crippen LogP contribution in [0, 0.1) is 0 Å². The Hall–Kier alpha value is -1.31. The van der Waals surface area contributed by atoms with E-state index in [0.29, 0.717) is 5.84 Å². The summed E-state index contributed by atoms with van der Waals surface area (Å²) in [6, 6.07) is 9.90. The minimum Gasteiger partial charge on any atom is -0.384 e. The fourth-order valence-electron chi connectivity index (χ4n) is 1.26. The first-order chi connectivity index (χ1) is 6.84. The lowest BCUT2D eigenvalue weighted by Gasteiger charge is -2.00. The third-order valence-corrected chi connectivity index (χ3v) is 2.11. The molecule has 0 fully saturated rings. The monoisotopic (exact) mass is 190 g/mol. The quantitative estimate of drug-likeness (QED) is 0.432. The van der Waals surface area contributed by atoms with Gasteiger partial charge in [0, 0.05) is 12.1 Å². The number of hydrogen-bond donors (Lipinski definition) is 1.